The number of carbonyl (C=O) groups is 3. The molecule has 1 atom stereocenters. The van der Waals surface area contributed by atoms with Crippen LogP contribution in [-0.2, 0) is 9.59 Å². The van der Waals surface area contributed by atoms with Gasteiger partial charge in [-0.25, -0.2) is 4.79 Å². The van der Waals surface area contributed by atoms with Crippen LogP contribution in [0.25, 0.3) is 0 Å². The van der Waals surface area contributed by atoms with E-state index >= 15 is 0 Å². The number of fused-ring (bicyclic) bond motifs is 1. The van der Waals surface area contributed by atoms with Gasteiger partial charge in [-0.3, -0.25) is 9.59 Å². The quantitative estimate of drug-likeness (QED) is 0.836. The normalized spacial score (nSPS) is 20.5. The minimum Gasteiger partial charge on any atom is -0.482 e. The Kier molecular flexibility index (Phi) is 3.25. The van der Waals surface area contributed by atoms with E-state index in [2.05, 4.69) is 5.32 Å². The summed E-state index contributed by atoms with van der Waals surface area (Å²) in [7, 11) is 0. The minimum atomic E-state index is -0.984. The lowest BCUT2D eigenvalue weighted by molar-refractivity contribution is -0.141. The molecule has 1 aromatic carbocycles. The molecule has 2 heterocycles. The van der Waals surface area contributed by atoms with Gasteiger partial charge in [0, 0.05) is 12.1 Å². The summed E-state index contributed by atoms with van der Waals surface area (Å²) in [4.78, 5) is 36.1. The van der Waals surface area contributed by atoms with Crippen LogP contribution >= 0.6 is 0 Å². The fraction of sp³-hybridized carbons (Fsp3) is 0.357. The third-order valence-electron chi connectivity index (χ3n) is 3.66. The number of ether oxygens (including phenoxy) is 1. The second-order valence-electron chi connectivity index (χ2n) is 5.04. The van der Waals surface area contributed by atoms with Crippen LogP contribution in [-0.4, -0.2) is 47.0 Å². The zero-order valence-electron chi connectivity index (χ0n) is 11.2. The van der Waals surface area contributed by atoms with E-state index in [-0.39, 0.29) is 18.4 Å². The van der Waals surface area contributed by atoms with Crippen molar-refractivity contribution in [2.24, 2.45) is 0 Å². The van der Waals surface area contributed by atoms with Gasteiger partial charge in [0.1, 0.15) is 11.8 Å². The van der Waals surface area contributed by atoms with Crippen LogP contribution in [0.3, 0.4) is 0 Å². The molecule has 0 unspecified atom stereocenters. The number of carboxylic acids is 1. The van der Waals surface area contributed by atoms with E-state index in [0.29, 0.717) is 36.4 Å². The summed E-state index contributed by atoms with van der Waals surface area (Å²) in [6.07, 6.45) is 1.15. The van der Waals surface area contributed by atoms with Crippen molar-refractivity contribution in [2.45, 2.75) is 18.9 Å². The first-order valence-corrected chi connectivity index (χ1v) is 6.67. The summed E-state index contributed by atoms with van der Waals surface area (Å²) in [6.45, 7) is 0.344. The van der Waals surface area contributed by atoms with Crippen LogP contribution in [0.2, 0.25) is 0 Å². The molecule has 21 heavy (non-hydrogen) atoms. The Morgan fingerprint density at radius 2 is 2.19 bits per heavy atom. The fourth-order valence-electron chi connectivity index (χ4n) is 2.64. The molecule has 7 heteroatoms. The van der Waals surface area contributed by atoms with Gasteiger partial charge in [-0.2, -0.15) is 0 Å². The van der Waals surface area contributed by atoms with Gasteiger partial charge < -0.3 is 20.1 Å². The highest BCUT2D eigenvalue weighted by atomic mass is 16.5. The van der Waals surface area contributed by atoms with E-state index in [1.165, 1.54) is 11.0 Å². The van der Waals surface area contributed by atoms with Crippen molar-refractivity contribution < 1.29 is 24.2 Å². The van der Waals surface area contributed by atoms with E-state index in [1.807, 2.05) is 0 Å². The van der Waals surface area contributed by atoms with Crippen LogP contribution in [0.1, 0.15) is 23.2 Å². The Balaban J connectivity index is 1.85. The van der Waals surface area contributed by atoms with Crippen LogP contribution in [0.4, 0.5) is 5.69 Å². The lowest BCUT2D eigenvalue weighted by Crippen LogP contribution is -2.40. The maximum Gasteiger partial charge on any atom is 0.326 e. The van der Waals surface area contributed by atoms with E-state index in [9.17, 15) is 14.4 Å². The summed E-state index contributed by atoms with van der Waals surface area (Å²) in [5.74, 6) is -1.14. The Labute approximate surface area is 120 Å². The number of nitrogens with one attached hydrogen (secondary N) is 1. The predicted molar refractivity (Wildman–Crippen MR) is 72.3 cm³/mol. The molecule has 1 fully saturated rings. The summed E-state index contributed by atoms with van der Waals surface area (Å²) in [5, 5.41) is 11.8. The monoisotopic (exact) mass is 290 g/mol. The topological polar surface area (TPSA) is 95.9 Å². The number of aliphatic carboxylic acids is 1. The summed E-state index contributed by atoms with van der Waals surface area (Å²) >= 11 is 0. The molecule has 1 aromatic rings. The second-order valence-corrected chi connectivity index (χ2v) is 5.04. The van der Waals surface area contributed by atoms with Gasteiger partial charge in [0.2, 0.25) is 0 Å². The molecule has 0 aliphatic carbocycles. The van der Waals surface area contributed by atoms with E-state index in [4.69, 9.17) is 9.84 Å². The highest BCUT2D eigenvalue weighted by Gasteiger charge is 2.34. The van der Waals surface area contributed by atoms with Crippen molar-refractivity contribution in [3.05, 3.63) is 23.8 Å². The molecule has 7 nitrogen and oxygen atoms in total. The molecule has 2 aliphatic rings. The smallest absolute Gasteiger partial charge is 0.326 e. The number of carboxylic acid groups (broad SMARTS) is 1. The first-order valence-electron chi connectivity index (χ1n) is 6.67. The highest BCUT2D eigenvalue weighted by Crippen LogP contribution is 2.30. The molecule has 110 valence electrons. The van der Waals surface area contributed by atoms with Crippen molar-refractivity contribution >= 4 is 23.5 Å². The molecule has 2 N–H and O–H groups in total. The van der Waals surface area contributed by atoms with Crippen molar-refractivity contribution in [3.8, 4) is 5.75 Å². The Morgan fingerprint density at radius 1 is 1.38 bits per heavy atom. The van der Waals surface area contributed by atoms with Crippen LogP contribution in [0.5, 0.6) is 5.75 Å². The van der Waals surface area contributed by atoms with Gasteiger partial charge in [0.25, 0.3) is 11.8 Å². The number of carbonyl (C=O) groups excluding carboxylic acids is 2. The van der Waals surface area contributed by atoms with Gasteiger partial charge in [-0.1, -0.05) is 0 Å². The number of anilines is 1. The summed E-state index contributed by atoms with van der Waals surface area (Å²) < 4.78 is 5.26. The lowest BCUT2D eigenvalue weighted by atomic mass is 10.1. The van der Waals surface area contributed by atoms with Crippen molar-refractivity contribution in [2.75, 3.05) is 18.5 Å². The zero-order chi connectivity index (χ0) is 15.0. The maximum absolute atomic E-state index is 12.4. The average molecular weight is 290 g/mol. The van der Waals surface area contributed by atoms with Crippen molar-refractivity contribution in [3.63, 3.8) is 0 Å². The Hall–Kier alpha value is -2.57. The first-order chi connectivity index (χ1) is 10.1. The van der Waals surface area contributed by atoms with E-state index < -0.39 is 12.0 Å². The van der Waals surface area contributed by atoms with Crippen molar-refractivity contribution in [1.29, 1.82) is 0 Å². The highest BCUT2D eigenvalue weighted by molar-refractivity contribution is 6.00. The average Bonchev–Trinajstić information content (AvgIpc) is 2.95. The van der Waals surface area contributed by atoms with E-state index in [0.717, 1.165) is 0 Å². The predicted octanol–water partition coefficient (Wildman–Crippen LogP) is 0.707. The van der Waals surface area contributed by atoms with Crippen molar-refractivity contribution in [1.82, 2.24) is 4.90 Å². The molecular weight excluding hydrogens is 276 g/mol. The summed E-state index contributed by atoms with van der Waals surface area (Å²) in [5.41, 5.74) is 0.872. The third kappa shape index (κ3) is 2.42. The number of hydrogen-bond acceptors (Lipinski definition) is 4. The molecule has 2 aliphatic heterocycles. The van der Waals surface area contributed by atoms with Gasteiger partial charge in [-0.15, -0.1) is 0 Å². The molecule has 0 bridgehead atoms. The van der Waals surface area contributed by atoms with E-state index in [1.54, 1.807) is 12.1 Å². The molecule has 0 aromatic heterocycles. The van der Waals surface area contributed by atoms with Gasteiger partial charge >= 0.3 is 5.97 Å². The van der Waals surface area contributed by atoms with Crippen LogP contribution in [0, 0.1) is 0 Å². The number of likely N-dealkylation sites (tertiary alicyclic amines) is 1. The van der Waals surface area contributed by atoms with Crippen LogP contribution in [0.15, 0.2) is 18.2 Å². The number of amides is 2. The zero-order valence-corrected chi connectivity index (χ0v) is 11.2. The van der Waals surface area contributed by atoms with Gasteiger partial charge in [0.05, 0.1) is 5.69 Å². The lowest BCUT2D eigenvalue weighted by Gasteiger charge is -2.23. The molecule has 3 rings (SSSR count). The third-order valence-corrected chi connectivity index (χ3v) is 3.66. The minimum absolute atomic E-state index is 0.0912. The van der Waals surface area contributed by atoms with Gasteiger partial charge in [-0.05, 0) is 31.0 Å². The largest absolute Gasteiger partial charge is 0.482 e. The Morgan fingerprint density at radius 3 is 2.95 bits per heavy atom. The number of rotatable bonds is 2. The second kappa shape index (κ2) is 5.08. The standard InChI is InChI=1S/C14H14N2O5/c17-12-7-21-11-6-8(3-4-9(11)15-12)13(18)16-5-1-2-10(16)14(19)20/h3-4,6,10H,1-2,5,7H2,(H,15,17)(H,19,20)/t10-/m1/s1. The van der Waals surface area contributed by atoms with Crippen LogP contribution < -0.4 is 10.1 Å². The fourth-order valence-corrected chi connectivity index (χ4v) is 2.64. The molecule has 0 saturated carbocycles. The number of benzene rings is 1. The first kappa shape index (κ1) is 13.4. The molecular formula is C14H14N2O5. The van der Waals surface area contributed by atoms with Gasteiger partial charge in [0.15, 0.2) is 6.61 Å². The number of hydrogen-bond donors (Lipinski definition) is 2. The SMILES string of the molecule is O=C1COc2cc(C(=O)N3CCC[C@@H]3C(=O)O)ccc2N1. The molecule has 1 saturated heterocycles. The molecule has 0 spiro atoms. The molecule has 2 amide bonds. The maximum atomic E-state index is 12.4. The molecule has 0 radical (unpaired) electrons. The Bertz CT molecular complexity index is 628. The summed E-state index contributed by atoms with van der Waals surface area (Å²) in [6, 6.07) is 3.92. The number of nitrogens with zero attached hydrogens (tertiary/aromatic N) is 1.